The molecule has 0 saturated heterocycles. The lowest BCUT2D eigenvalue weighted by Gasteiger charge is -2.24. The van der Waals surface area contributed by atoms with Crippen molar-refractivity contribution in [3.8, 4) is 0 Å². The van der Waals surface area contributed by atoms with Crippen LogP contribution < -0.4 is 4.31 Å². The van der Waals surface area contributed by atoms with Crippen molar-refractivity contribution in [2.24, 2.45) is 0 Å². The zero-order valence-corrected chi connectivity index (χ0v) is 18.6. The molecule has 31 heavy (non-hydrogen) atoms. The third-order valence-corrected chi connectivity index (χ3v) is 6.88. The molecule has 6 nitrogen and oxygen atoms in total. The van der Waals surface area contributed by atoms with Gasteiger partial charge in [0.2, 0.25) is 0 Å². The SMILES string of the molecule is C=CCN(c1ccccc1)S(=O)(=O)c1cc(C(=O)N(C)Cc2ccncc2)ccc1Cl. The normalized spacial score (nSPS) is 11.0. The summed E-state index contributed by atoms with van der Waals surface area (Å²) in [7, 11) is -2.38. The van der Waals surface area contributed by atoms with Gasteiger partial charge in [-0.05, 0) is 48.0 Å². The van der Waals surface area contributed by atoms with Crippen LogP contribution >= 0.6 is 11.6 Å². The first-order valence-corrected chi connectivity index (χ1v) is 11.3. The predicted molar refractivity (Wildman–Crippen MR) is 123 cm³/mol. The first-order valence-electron chi connectivity index (χ1n) is 9.47. The maximum atomic E-state index is 13.4. The summed E-state index contributed by atoms with van der Waals surface area (Å²) in [6.45, 7) is 4.08. The van der Waals surface area contributed by atoms with Crippen LogP contribution in [0, 0.1) is 0 Å². The minimum absolute atomic E-state index is 0.0401. The van der Waals surface area contributed by atoms with Gasteiger partial charge in [-0.3, -0.25) is 14.1 Å². The standard InChI is InChI=1S/C23H22ClN3O3S/c1-3-15-27(20-7-5-4-6-8-20)31(29,30)22-16-19(9-10-21(22)24)23(28)26(2)17-18-11-13-25-14-12-18/h3-14,16H,1,15,17H2,2H3. The number of hydrogen-bond donors (Lipinski definition) is 0. The highest BCUT2D eigenvalue weighted by Gasteiger charge is 2.28. The largest absolute Gasteiger partial charge is 0.337 e. The van der Waals surface area contributed by atoms with E-state index in [9.17, 15) is 13.2 Å². The van der Waals surface area contributed by atoms with Crippen molar-refractivity contribution in [1.29, 1.82) is 0 Å². The topological polar surface area (TPSA) is 70.6 Å². The third kappa shape index (κ3) is 5.13. The maximum Gasteiger partial charge on any atom is 0.266 e. The average molecular weight is 456 g/mol. The van der Waals surface area contributed by atoms with E-state index in [4.69, 9.17) is 11.6 Å². The number of hydrogen-bond acceptors (Lipinski definition) is 4. The number of aromatic nitrogens is 1. The van der Waals surface area contributed by atoms with Crippen LogP contribution in [0.3, 0.4) is 0 Å². The summed E-state index contributed by atoms with van der Waals surface area (Å²) < 4.78 is 28.1. The van der Waals surface area contributed by atoms with Gasteiger partial charge in [-0.1, -0.05) is 35.9 Å². The molecule has 0 spiro atoms. The van der Waals surface area contributed by atoms with Crippen molar-refractivity contribution in [3.63, 3.8) is 0 Å². The summed E-state index contributed by atoms with van der Waals surface area (Å²) in [6.07, 6.45) is 4.80. The van der Waals surface area contributed by atoms with Crippen LogP contribution in [0.4, 0.5) is 5.69 Å². The zero-order valence-electron chi connectivity index (χ0n) is 17.0. The smallest absolute Gasteiger partial charge is 0.266 e. The molecule has 0 radical (unpaired) electrons. The second kappa shape index (κ2) is 9.76. The average Bonchev–Trinajstić information content (AvgIpc) is 2.78. The van der Waals surface area contributed by atoms with Gasteiger partial charge in [0.05, 0.1) is 17.3 Å². The Kier molecular flexibility index (Phi) is 7.09. The van der Waals surface area contributed by atoms with E-state index in [2.05, 4.69) is 11.6 Å². The van der Waals surface area contributed by atoms with E-state index < -0.39 is 10.0 Å². The molecular weight excluding hydrogens is 434 g/mol. The number of carbonyl (C=O) groups is 1. The molecule has 1 amide bonds. The predicted octanol–water partition coefficient (Wildman–Crippen LogP) is 4.39. The quantitative estimate of drug-likeness (QED) is 0.472. The minimum Gasteiger partial charge on any atom is -0.337 e. The Balaban J connectivity index is 1.95. The Hall–Kier alpha value is -3.16. The molecule has 0 aliphatic rings. The van der Waals surface area contributed by atoms with Gasteiger partial charge in [0.25, 0.3) is 15.9 Å². The van der Waals surface area contributed by atoms with Crippen molar-refractivity contribution in [2.45, 2.75) is 11.4 Å². The van der Waals surface area contributed by atoms with E-state index in [1.165, 1.54) is 33.5 Å². The second-order valence-corrected chi connectivity index (χ2v) is 9.06. The van der Waals surface area contributed by atoms with Gasteiger partial charge in [0.1, 0.15) is 4.90 Å². The third-order valence-electron chi connectivity index (χ3n) is 4.60. The minimum atomic E-state index is -4.04. The summed E-state index contributed by atoms with van der Waals surface area (Å²) in [5.74, 6) is -0.320. The lowest BCUT2D eigenvalue weighted by atomic mass is 10.2. The monoisotopic (exact) mass is 455 g/mol. The number of amides is 1. The molecule has 3 rings (SSSR count). The van der Waals surface area contributed by atoms with Crippen molar-refractivity contribution in [3.05, 3.63) is 102 Å². The number of carbonyl (C=O) groups excluding carboxylic acids is 1. The number of anilines is 1. The fourth-order valence-corrected chi connectivity index (χ4v) is 5.00. The molecule has 1 aromatic heterocycles. The van der Waals surface area contributed by atoms with Gasteiger partial charge in [-0.2, -0.15) is 0 Å². The van der Waals surface area contributed by atoms with Crippen molar-refractivity contribution in [2.75, 3.05) is 17.9 Å². The number of para-hydroxylation sites is 1. The molecule has 160 valence electrons. The maximum absolute atomic E-state index is 13.4. The van der Waals surface area contributed by atoms with Gasteiger partial charge < -0.3 is 4.90 Å². The molecule has 0 aliphatic heterocycles. The highest BCUT2D eigenvalue weighted by molar-refractivity contribution is 7.93. The molecular formula is C23H22ClN3O3S. The summed E-state index contributed by atoms with van der Waals surface area (Å²) in [4.78, 5) is 18.3. The molecule has 0 atom stereocenters. The number of rotatable bonds is 8. The Labute approximate surface area is 187 Å². The van der Waals surface area contributed by atoms with Gasteiger partial charge in [0, 0.05) is 31.5 Å². The van der Waals surface area contributed by atoms with Crippen LogP contribution in [0.15, 0.2) is 90.6 Å². The van der Waals surface area contributed by atoms with E-state index in [1.807, 2.05) is 12.1 Å². The summed E-state index contributed by atoms with van der Waals surface area (Å²) in [6, 6.07) is 16.6. The Morgan fingerprint density at radius 3 is 2.42 bits per heavy atom. The van der Waals surface area contributed by atoms with Crippen LogP contribution in [-0.4, -0.2) is 37.8 Å². The van der Waals surface area contributed by atoms with Crippen LogP contribution in [0.2, 0.25) is 5.02 Å². The molecule has 3 aromatic rings. The van der Waals surface area contributed by atoms with Gasteiger partial charge in [0.15, 0.2) is 0 Å². The summed E-state index contributed by atoms with van der Waals surface area (Å²) in [5.41, 5.74) is 1.62. The number of benzene rings is 2. The van der Waals surface area contributed by atoms with E-state index in [0.29, 0.717) is 12.2 Å². The molecule has 1 heterocycles. The number of sulfonamides is 1. The lowest BCUT2D eigenvalue weighted by molar-refractivity contribution is 0.0785. The fourth-order valence-electron chi connectivity index (χ4n) is 3.06. The molecule has 0 bridgehead atoms. The van der Waals surface area contributed by atoms with Crippen molar-refractivity contribution in [1.82, 2.24) is 9.88 Å². The van der Waals surface area contributed by atoms with E-state index >= 15 is 0 Å². The highest BCUT2D eigenvalue weighted by atomic mass is 35.5. The molecule has 0 N–H and O–H groups in total. The molecule has 0 fully saturated rings. The first kappa shape index (κ1) is 22.5. The molecule has 8 heteroatoms. The molecule has 2 aromatic carbocycles. The van der Waals surface area contributed by atoms with Gasteiger partial charge >= 0.3 is 0 Å². The van der Waals surface area contributed by atoms with Gasteiger partial charge in [-0.25, -0.2) is 8.42 Å². The number of nitrogens with zero attached hydrogens (tertiary/aromatic N) is 3. The number of pyridine rings is 1. The van der Waals surface area contributed by atoms with E-state index in [-0.39, 0.29) is 27.9 Å². The van der Waals surface area contributed by atoms with Crippen LogP contribution in [0.5, 0.6) is 0 Å². The Morgan fingerprint density at radius 1 is 1.10 bits per heavy atom. The Morgan fingerprint density at radius 2 is 1.77 bits per heavy atom. The second-order valence-electron chi connectivity index (χ2n) is 6.82. The van der Waals surface area contributed by atoms with Crippen LogP contribution in [0.1, 0.15) is 15.9 Å². The van der Waals surface area contributed by atoms with Crippen LogP contribution in [-0.2, 0) is 16.6 Å². The number of halogens is 1. The van der Waals surface area contributed by atoms with Crippen LogP contribution in [0.25, 0.3) is 0 Å². The van der Waals surface area contributed by atoms with Gasteiger partial charge in [-0.15, -0.1) is 6.58 Å². The molecule has 0 unspecified atom stereocenters. The lowest BCUT2D eigenvalue weighted by Crippen LogP contribution is -2.32. The Bertz CT molecular complexity index is 1170. The van der Waals surface area contributed by atoms with E-state index in [0.717, 1.165) is 5.56 Å². The fraction of sp³-hybridized carbons (Fsp3) is 0.130. The zero-order chi connectivity index (χ0) is 22.4. The molecule has 0 saturated carbocycles. The van der Waals surface area contributed by atoms with Crippen molar-refractivity contribution < 1.29 is 13.2 Å². The summed E-state index contributed by atoms with van der Waals surface area (Å²) >= 11 is 6.26. The first-order chi connectivity index (χ1) is 14.8. The van der Waals surface area contributed by atoms with Crippen molar-refractivity contribution >= 4 is 33.2 Å². The molecule has 0 aliphatic carbocycles. The summed E-state index contributed by atoms with van der Waals surface area (Å²) in [5, 5.41) is 0.0401. The van der Waals surface area contributed by atoms with E-state index in [1.54, 1.807) is 49.8 Å². The highest BCUT2D eigenvalue weighted by Crippen LogP contribution is 2.29.